The molecule has 2 aliphatic heterocycles. The summed E-state index contributed by atoms with van der Waals surface area (Å²) in [6, 6.07) is 9.70. The predicted molar refractivity (Wildman–Crippen MR) is 97.5 cm³/mol. The summed E-state index contributed by atoms with van der Waals surface area (Å²) in [7, 11) is 1.64. The molecule has 2 aromatic carbocycles. The largest absolute Gasteiger partial charge is 0.496 e. The number of fused-ring (bicyclic) bond motifs is 2. The van der Waals surface area contributed by atoms with Crippen LogP contribution in [0, 0.1) is 0 Å². The lowest BCUT2D eigenvalue weighted by Crippen LogP contribution is -2.30. The van der Waals surface area contributed by atoms with Crippen LogP contribution in [0.25, 0.3) is 0 Å². The molecular weight excluding hydrogens is 350 g/mol. The summed E-state index contributed by atoms with van der Waals surface area (Å²) in [4.78, 5) is 2.16. The number of rotatable bonds is 7. The monoisotopic (exact) mass is 373 g/mol. The first-order valence-electron chi connectivity index (χ1n) is 8.88. The third kappa shape index (κ3) is 3.89. The number of hydrogen-bond acceptors (Lipinski definition) is 7. The van der Waals surface area contributed by atoms with Crippen LogP contribution in [0.4, 0.5) is 0 Å². The minimum atomic E-state index is -0.459. The Labute approximate surface area is 158 Å². The fourth-order valence-electron chi connectivity index (χ4n) is 3.38. The summed E-state index contributed by atoms with van der Waals surface area (Å²) in [6.45, 7) is 4.02. The van der Waals surface area contributed by atoms with Gasteiger partial charge >= 0.3 is 0 Å². The van der Waals surface area contributed by atoms with Crippen molar-refractivity contribution in [1.29, 1.82) is 0 Å². The second kappa shape index (κ2) is 7.54. The van der Waals surface area contributed by atoms with Gasteiger partial charge in [0.1, 0.15) is 5.75 Å². The summed E-state index contributed by atoms with van der Waals surface area (Å²) in [5, 5.41) is 9.95. The zero-order valence-electron chi connectivity index (χ0n) is 15.4. The van der Waals surface area contributed by atoms with Crippen molar-refractivity contribution in [2.75, 3.05) is 27.2 Å². The fraction of sp³-hybridized carbons (Fsp3) is 0.400. The molecule has 1 N–H and O–H groups in total. The maximum absolute atomic E-state index is 9.95. The van der Waals surface area contributed by atoms with Gasteiger partial charge in [-0.1, -0.05) is 6.07 Å². The number of nitrogens with zero attached hydrogens (tertiary/aromatic N) is 1. The molecule has 2 aliphatic rings. The Hall–Kier alpha value is -2.64. The lowest BCUT2D eigenvalue weighted by atomic mass is 10.1. The zero-order valence-corrected chi connectivity index (χ0v) is 15.4. The number of methoxy groups -OCH3 is 1. The van der Waals surface area contributed by atoms with Crippen molar-refractivity contribution >= 4 is 0 Å². The Kier molecular flexibility index (Phi) is 4.96. The van der Waals surface area contributed by atoms with Gasteiger partial charge in [-0.2, -0.15) is 0 Å². The van der Waals surface area contributed by atoms with Gasteiger partial charge < -0.3 is 28.8 Å². The minimum Gasteiger partial charge on any atom is -0.496 e. The molecule has 0 aromatic heterocycles. The van der Waals surface area contributed by atoms with Crippen LogP contribution < -0.4 is 23.7 Å². The molecular formula is C20H23NO6. The Morgan fingerprint density at radius 2 is 1.63 bits per heavy atom. The lowest BCUT2D eigenvalue weighted by molar-refractivity contribution is 0.117. The molecule has 0 spiro atoms. The normalized spacial score (nSPS) is 15.3. The molecule has 0 amide bonds. The van der Waals surface area contributed by atoms with E-state index in [1.54, 1.807) is 14.0 Å². The van der Waals surface area contributed by atoms with Crippen LogP contribution >= 0.6 is 0 Å². The van der Waals surface area contributed by atoms with E-state index in [0.717, 1.165) is 28.4 Å². The fourth-order valence-corrected chi connectivity index (χ4v) is 3.38. The Balaban J connectivity index is 1.56. The van der Waals surface area contributed by atoms with Crippen LogP contribution in [0.2, 0.25) is 0 Å². The van der Waals surface area contributed by atoms with Crippen molar-refractivity contribution < 1.29 is 28.8 Å². The maximum Gasteiger partial charge on any atom is 0.231 e. The molecule has 2 aromatic rings. The molecule has 1 unspecified atom stereocenters. The van der Waals surface area contributed by atoms with E-state index in [2.05, 4.69) is 4.90 Å². The zero-order chi connectivity index (χ0) is 18.8. The second-order valence-electron chi connectivity index (χ2n) is 6.72. The van der Waals surface area contributed by atoms with Crippen LogP contribution in [0.1, 0.15) is 18.1 Å². The average molecular weight is 373 g/mol. The van der Waals surface area contributed by atoms with Crippen LogP contribution in [-0.2, 0) is 13.1 Å². The first-order valence-corrected chi connectivity index (χ1v) is 8.88. The van der Waals surface area contributed by atoms with Gasteiger partial charge in [-0.15, -0.1) is 0 Å². The minimum absolute atomic E-state index is 0.219. The second-order valence-corrected chi connectivity index (χ2v) is 6.72. The molecule has 0 fully saturated rings. The van der Waals surface area contributed by atoms with Gasteiger partial charge in [-0.25, -0.2) is 0 Å². The van der Waals surface area contributed by atoms with Crippen molar-refractivity contribution in [1.82, 2.24) is 4.90 Å². The SMILES string of the molecule is COc1cc2c(cc1CN(Cc1ccc3c(c1)OCO3)CC(C)O)OCO2. The van der Waals surface area contributed by atoms with Crippen molar-refractivity contribution in [3.05, 3.63) is 41.5 Å². The molecule has 7 nitrogen and oxygen atoms in total. The average Bonchev–Trinajstić information content (AvgIpc) is 3.28. The number of aliphatic hydroxyl groups excluding tert-OH is 1. The van der Waals surface area contributed by atoms with E-state index in [9.17, 15) is 5.11 Å². The van der Waals surface area contributed by atoms with Crippen molar-refractivity contribution in [2.45, 2.75) is 26.1 Å². The van der Waals surface area contributed by atoms with E-state index < -0.39 is 6.10 Å². The number of hydrogen-bond donors (Lipinski definition) is 1. The summed E-state index contributed by atoms with van der Waals surface area (Å²) in [5.41, 5.74) is 2.06. The molecule has 7 heteroatoms. The van der Waals surface area contributed by atoms with Crippen molar-refractivity contribution in [2.24, 2.45) is 0 Å². The van der Waals surface area contributed by atoms with Gasteiger partial charge in [-0.05, 0) is 30.7 Å². The molecule has 1 atom stereocenters. The molecule has 0 radical (unpaired) electrons. The number of aliphatic hydroxyl groups is 1. The summed E-state index contributed by atoms with van der Waals surface area (Å²) >= 11 is 0. The van der Waals surface area contributed by atoms with Gasteiger partial charge in [0.25, 0.3) is 0 Å². The highest BCUT2D eigenvalue weighted by Crippen LogP contribution is 2.39. The van der Waals surface area contributed by atoms with Gasteiger partial charge in [0.05, 0.1) is 13.2 Å². The highest BCUT2D eigenvalue weighted by molar-refractivity contribution is 5.52. The summed E-state index contributed by atoms with van der Waals surface area (Å²) in [5.74, 6) is 3.66. The quantitative estimate of drug-likeness (QED) is 0.800. The number of benzene rings is 2. The molecule has 27 heavy (non-hydrogen) atoms. The molecule has 0 aliphatic carbocycles. The third-order valence-electron chi connectivity index (χ3n) is 4.54. The number of ether oxygens (including phenoxy) is 5. The molecule has 144 valence electrons. The van der Waals surface area contributed by atoms with Crippen LogP contribution in [0.3, 0.4) is 0 Å². The molecule has 0 saturated heterocycles. The highest BCUT2D eigenvalue weighted by atomic mass is 16.7. The van der Waals surface area contributed by atoms with E-state index in [1.807, 2.05) is 30.3 Å². The van der Waals surface area contributed by atoms with Crippen molar-refractivity contribution in [3.8, 4) is 28.7 Å². The summed E-state index contributed by atoms with van der Waals surface area (Å²) < 4.78 is 27.3. The Morgan fingerprint density at radius 1 is 0.963 bits per heavy atom. The van der Waals surface area contributed by atoms with E-state index >= 15 is 0 Å². The smallest absolute Gasteiger partial charge is 0.231 e. The first kappa shape index (κ1) is 17.8. The third-order valence-corrected chi connectivity index (χ3v) is 4.54. The maximum atomic E-state index is 9.95. The lowest BCUT2D eigenvalue weighted by Gasteiger charge is -2.25. The molecule has 2 heterocycles. The Morgan fingerprint density at radius 3 is 2.33 bits per heavy atom. The summed E-state index contributed by atoms with van der Waals surface area (Å²) in [6.07, 6.45) is -0.459. The van der Waals surface area contributed by atoms with Gasteiger partial charge in [-0.3, -0.25) is 4.90 Å². The molecule has 0 saturated carbocycles. The van der Waals surface area contributed by atoms with Crippen LogP contribution in [0.5, 0.6) is 28.7 Å². The van der Waals surface area contributed by atoms with Crippen LogP contribution in [0.15, 0.2) is 30.3 Å². The van der Waals surface area contributed by atoms with E-state index in [4.69, 9.17) is 23.7 Å². The molecule has 4 rings (SSSR count). The highest BCUT2D eigenvalue weighted by Gasteiger charge is 2.21. The predicted octanol–water partition coefficient (Wildman–Crippen LogP) is 2.54. The topological polar surface area (TPSA) is 69.6 Å². The Bertz CT molecular complexity index is 822. The van der Waals surface area contributed by atoms with E-state index in [1.165, 1.54) is 0 Å². The standard InChI is InChI=1S/C20H23NO6/c1-13(22)8-21(9-14-3-4-16-18(5-14)25-11-24-16)10-15-6-19-20(27-12-26-19)7-17(15)23-2/h3-7,13,22H,8-12H2,1-2H3. The van der Waals surface area contributed by atoms with Gasteiger partial charge in [0.2, 0.25) is 13.6 Å². The van der Waals surface area contributed by atoms with Crippen molar-refractivity contribution in [3.63, 3.8) is 0 Å². The van der Waals surface area contributed by atoms with E-state index in [0.29, 0.717) is 31.1 Å². The first-order chi connectivity index (χ1) is 13.1. The van der Waals surface area contributed by atoms with Gasteiger partial charge in [0, 0.05) is 31.3 Å². The van der Waals surface area contributed by atoms with E-state index in [-0.39, 0.29) is 13.6 Å². The van der Waals surface area contributed by atoms with Crippen LogP contribution in [-0.4, -0.2) is 43.4 Å². The molecule has 0 bridgehead atoms. The van der Waals surface area contributed by atoms with Gasteiger partial charge in [0.15, 0.2) is 23.0 Å².